The number of rotatable bonds is 5. The van der Waals surface area contributed by atoms with E-state index in [2.05, 4.69) is 42.6 Å². The summed E-state index contributed by atoms with van der Waals surface area (Å²) in [6.45, 7) is 2.53. The molecule has 0 bridgehead atoms. The maximum atomic E-state index is 12.3. The number of benzene rings is 2. The van der Waals surface area contributed by atoms with E-state index in [9.17, 15) is 13.2 Å². The smallest absolute Gasteiger partial charge is 0.406 e. The second kappa shape index (κ2) is 8.09. The molecule has 2 aromatic heterocycles. The van der Waals surface area contributed by atoms with E-state index in [1.54, 1.807) is 0 Å². The highest BCUT2D eigenvalue weighted by atomic mass is 127. The molecule has 0 saturated carbocycles. The minimum atomic E-state index is -4.74. The van der Waals surface area contributed by atoms with Crippen LogP contribution in [0.4, 0.5) is 13.2 Å². The third-order valence-electron chi connectivity index (χ3n) is 4.22. The fourth-order valence-electron chi connectivity index (χ4n) is 2.79. The van der Waals surface area contributed by atoms with Gasteiger partial charge in [0.15, 0.2) is 5.69 Å². The first-order valence-electron chi connectivity index (χ1n) is 8.76. The van der Waals surface area contributed by atoms with Gasteiger partial charge in [-0.2, -0.15) is 10.1 Å². The topological polar surface area (TPSA) is 66.0 Å². The van der Waals surface area contributed by atoms with Crippen molar-refractivity contribution in [2.45, 2.75) is 19.8 Å². The normalized spacial score (nSPS) is 11.6. The molecule has 0 aliphatic heterocycles. The van der Waals surface area contributed by atoms with Crippen molar-refractivity contribution in [3.8, 4) is 28.7 Å². The minimum absolute atomic E-state index is 0.227. The molecule has 30 heavy (non-hydrogen) atoms. The van der Waals surface area contributed by atoms with Crippen LogP contribution in [-0.4, -0.2) is 26.3 Å². The molecule has 2 heterocycles. The van der Waals surface area contributed by atoms with E-state index in [0.29, 0.717) is 17.8 Å². The maximum absolute atomic E-state index is 12.3. The Morgan fingerprint density at radius 1 is 1.07 bits per heavy atom. The number of hydrogen-bond acceptors (Lipinski definition) is 5. The number of hydrogen-bond donors (Lipinski definition) is 0. The Hall–Kier alpha value is -2.89. The van der Waals surface area contributed by atoms with E-state index in [4.69, 9.17) is 4.52 Å². The van der Waals surface area contributed by atoms with Crippen molar-refractivity contribution in [3.63, 3.8) is 0 Å². The van der Waals surface area contributed by atoms with E-state index in [-0.39, 0.29) is 17.5 Å². The van der Waals surface area contributed by atoms with Gasteiger partial charge in [0.05, 0.1) is 6.54 Å². The second-order valence-corrected chi connectivity index (χ2v) is 7.70. The van der Waals surface area contributed by atoms with Crippen molar-refractivity contribution in [2.75, 3.05) is 0 Å². The van der Waals surface area contributed by atoms with Crippen molar-refractivity contribution in [2.24, 2.45) is 0 Å². The summed E-state index contributed by atoms with van der Waals surface area (Å²) in [6, 6.07) is 15.2. The molecule has 0 spiro atoms. The SMILES string of the molecule is Cc1cc(-c2nc(-c3ccc(OC(F)(F)F)cc3)no2)nn1Cc1ccc(I)cc1. The van der Waals surface area contributed by atoms with Gasteiger partial charge in [-0.1, -0.05) is 17.3 Å². The molecule has 6 nitrogen and oxygen atoms in total. The molecule has 4 aromatic rings. The summed E-state index contributed by atoms with van der Waals surface area (Å²) in [7, 11) is 0. The van der Waals surface area contributed by atoms with Crippen LogP contribution >= 0.6 is 22.6 Å². The van der Waals surface area contributed by atoms with E-state index >= 15 is 0 Å². The van der Waals surface area contributed by atoms with Gasteiger partial charge in [-0.15, -0.1) is 13.2 Å². The fourth-order valence-corrected chi connectivity index (χ4v) is 3.15. The van der Waals surface area contributed by atoms with Crippen LogP contribution in [0.5, 0.6) is 5.75 Å². The first-order valence-corrected chi connectivity index (χ1v) is 9.84. The van der Waals surface area contributed by atoms with Gasteiger partial charge in [0.2, 0.25) is 5.82 Å². The van der Waals surface area contributed by atoms with Crippen molar-refractivity contribution in [3.05, 3.63) is 69.4 Å². The molecule has 0 radical (unpaired) electrons. The number of ether oxygens (including phenoxy) is 1. The lowest BCUT2D eigenvalue weighted by atomic mass is 10.2. The Morgan fingerprint density at radius 3 is 2.43 bits per heavy atom. The first kappa shape index (κ1) is 20.4. The summed E-state index contributed by atoms with van der Waals surface area (Å²) < 4.78 is 49.0. The number of aryl methyl sites for hydroxylation is 1. The number of aromatic nitrogens is 4. The van der Waals surface area contributed by atoms with Crippen LogP contribution in [-0.2, 0) is 6.54 Å². The molecule has 0 aliphatic carbocycles. The van der Waals surface area contributed by atoms with E-state index < -0.39 is 6.36 Å². The van der Waals surface area contributed by atoms with E-state index in [1.165, 1.54) is 24.3 Å². The van der Waals surface area contributed by atoms with Crippen LogP contribution in [0.25, 0.3) is 23.0 Å². The molecule has 2 aromatic carbocycles. The van der Waals surface area contributed by atoms with Crippen LogP contribution < -0.4 is 4.74 Å². The third kappa shape index (κ3) is 4.81. The van der Waals surface area contributed by atoms with Crippen molar-refractivity contribution in [1.29, 1.82) is 0 Å². The predicted molar refractivity (Wildman–Crippen MR) is 111 cm³/mol. The highest BCUT2D eigenvalue weighted by Crippen LogP contribution is 2.27. The summed E-state index contributed by atoms with van der Waals surface area (Å²) >= 11 is 2.25. The third-order valence-corrected chi connectivity index (χ3v) is 4.94. The minimum Gasteiger partial charge on any atom is -0.406 e. The fraction of sp³-hybridized carbons (Fsp3) is 0.150. The van der Waals surface area contributed by atoms with Gasteiger partial charge in [-0.3, -0.25) is 4.68 Å². The lowest BCUT2D eigenvalue weighted by molar-refractivity contribution is -0.274. The second-order valence-electron chi connectivity index (χ2n) is 6.45. The van der Waals surface area contributed by atoms with Gasteiger partial charge in [0, 0.05) is 14.8 Å². The molecule has 0 amide bonds. The standard InChI is InChI=1S/C20H14F3IN4O2/c1-12-10-17(26-28(12)11-13-2-6-15(24)7-3-13)19-25-18(27-30-19)14-4-8-16(9-5-14)29-20(21,22)23/h2-10H,11H2,1H3. The van der Waals surface area contributed by atoms with Crippen LogP contribution in [0.1, 0.15) is 11.3 Å². The zero-order valence-corrected chi connectivity index (χ0v) is 17.7. The van der Waals surface area contributed by atoms with Crippen LogP contribution in [0.15, 0.2) is 59.1 Å². The van der Waals surface area contributed by atoms with Crippen molar-refractivity contribution >= 4 is 22.6 Å². The monoisotopic (exact) mass is 526 g/mol. The molecule has 0 saturated heterocycles. The van der Waals surface area contributed by atoms with Crippen molar-refractivity contribution < 1.29 is 22.4 Å². The molecule has 0 atom stereocenters. The zero-order valence-electron chi connectivity index (χ0n) is 15.5. The molecule has 0 aliphatic rings. The molecule has 10 heteroatoms. The summed E-state index contributed by atoms with van der Waals surface area (Å²) in [5.41, 5.74) is 3.06. The van der Waals surface area contributed by atoms with Gasteiger partial charge in [0.25, 0.3) is 5.89 Å². The van der Waals surface area contributed by atoms with Crippen LogP contribution in [0.2, 0.25) is 0 Å². The van der Waals surface area contributed by atoms with Gasteiger partial charge in [-0.05, 0) is 77.5 Å². The van der Waals surface area contributed by atoms with Gasteiger partial charge >= 0.3 is 6.36 Å². The lowest BCUT2D eigenvalue weighted by Crippen LogP contribution is -2.16. The largest absolute Gasteiger partial charge is 0.573 e. The Labute approximate surface area is 182 Å². The molecule has 0 unspecified atom stereocenters. The number of nitrogens with zero attached hydrogens (tertiary/aromatic N) is 4. The Bertz CT molecular complexity index is 1150. The summed E-state index contributed by atoms with van der Waals surface area (Å²) in [5.74, 6) is 0.151. The predicted octanol–water partition coefficient (Wildman–Crippen LogP) is 5.46. The highest BCUT2D eigenvalue weighted by molar-refractivity contribution is 14.1. The van der Waals surface area contributed by atoms with E-state index in [1.807, 2.05) is 41.9 Å². The van der Waals surface area contributed by atoms with Crippen LogP contribution in [0.3, 0.4) is 0 Å². The highest BCUT2D eigenvalue weighted by Gasteiger charge is 2.31. The average molecular weight is 526 g/mol. The molecular formula is C20H14F3IN4O2. The summed E-state index contributed by atoms with van der Waals surface area (Å²) in [5, 5.41) is 8.43. The first-order chi connectivity index (χ1) is 14.3. The molecular weight excluding hydrogens is 512 g/mol. The van der Waals surface area contributed by atoms with E-state index in [0.717, 1.165) is 14.8 Å². The Kier molecular flexibility index (Phi) is 5.50. The molecule has 0 N–H and O–H groups in total. The van der Waals surface area contributed by atoms with Crippen molar-refractivity contribution in [1.82, 2.24) is 19.9 Å². The van der Waals surface area contributed by atoms with Gasteiger partial charge in [-0.25, -0.2) is 0 Å². The van der Waals surface area contributed by atoms with Gasteiger partial charge < -0.3 is 9.26 Å². The summed E-state index contributed by atoms with van der Waals surface area (Å²) in [6.07, 6.45) is -4.74. The average Bonchev–Trinajstić information content (AvgIpc) is 3.30. The van der Waals surface area contributed by atoms with Crippen LogP contribution in [0, 0.1) is 10.5 Å². The van der Waals surface area contributed by atoms with Gasteiger partial charge in [0.1, 0.15) is 5.75 Å². The molecule has 154 valence electrons. The molecule has 4 rings (SSSR count). The summed E-state index contributed by atoms with van der Waals surface area (Å²) in [4.78, 5) is 4.31. The molecule has 0 fully saturated rings. The maximum Gasteiger partial charge on any atom is 0.573 e. The zero-order chi connectivity index (χ0) is 21.3. The number of alkyl halides is 3. The number of halogens is 4. The lowest BCUT2D eigenvalue weighted by Gasteiger charge is -2.08. The Morgan fingerprint density at radius 2 is 1.77 bits per heavy atom. The Balaban J connectivity index is 1.52. The quantitative estimate of drug-likeness (QED) is 0.324.